The number of rotatable bonds is 7. The third kappa shape index (κ3) is 8.02. The van der Waals surface area contributed by atoms with Crippen LogP contribution in [0.2, 0.25) is 10.0 Å². The van der Waals surface area contributed by atoms with E-state index in [-0.39, 0.29) is 34.9 Å². The fourth-order valence-electron chi connectivity index (χ4n) is 2.35. The number of ether oxygens (including phenoxy) is 2. The van der Waals surface area contributed by atoms with E-state index in [1.165, 1.54) is 0 Å². The van der Waals surface area contributed by atoms with Crippen molar-refractivity contribution in [1.29, 1.82) is 0 Å². The molecule has 0 aliphatic heterocycles. The number of carbonyl (C=O) groups excluding carboxylic acids is 2. The van der Waals surface area contributed by atoms with Gasteiger partial charge in [-0.1, -0.05) is 57.0 Å². The van der Waals surface area contributed by atoms with Crippen LogP contribution < -0.4 is 4.74 Å². The fraction of sp³-hybridized carbons (Fsp3) is 0.556. The molecule has 0 fully saturated rings. The molecule has 134 valence electrons. The van der Waals surface area contributed by atoms with Crippen molar-refractivity contribution in [3.05, 3.63) is 28.2 Å². The van der Waals surface area contributed by atoms with Crippen LogP contribution in [0.1, 0.15) is 47.0 Å². The first-order valence-corrected chi connectivity index (χ1v) is 8.64. The second-order valence-corrected chi connectivity index (χ2v) is 7.86. The lowest BCUT2D eigenvalue weighted by atomic mass is 9.86. The molecule has 0 N–H and O–H groups in total. The molecule has 1 unspecified atom stereocenters. The van der Waals surface area contributed by atoms with E-state index >= 15 is 0 Å². The minimum atomic E-state index is -0.557. The Morgan fingerprint density at radius 3 is 2.38 bits per heavy atom. The molecule has 1 atom stereocenters. The molecule has 0 saturated heterocycles. The number of halogens is 2. The molecule has 4 nitrogen and oxygen atoms in total. The maximum Gasteiger partial charge on any atom is 0.311 e. The summed E-state index contributed by atoms with van der Waals surface area (Å²) >= 11 is 11.8. The summed E-state index contributed by atoms with van der Waals surface area (Å²) in [7, 11) is 0. The van der Waals surface area contributed by atoms with Gasteiger partial charge in [0, 0.05) is 0 Å². The van der Waals surface area contributed by atoms with Gasteiger partial charge in [0.15, 0.2) is 5.75 Å². The third-order valence-electron chi connectivity index (χ3n) is 3.16. The van der Waals surface area contributed by atoms with Gasteiger partial charge in [0.1, 0.15) is 5.02 Å². The number of esters is 2. The molecule has 0 amide bonds. The summed E-state index contributed by atoms with van der Waals surface area (Å²) in [6, 6.07) is 4.76. The largest absolute Gasteiger partial charge is 0.465 e. The normalized spacial score (nSPS) is 12.6. The lowest BCUT2D eigenvalue weighted by molar-refractivity contribution is -0.148. The van der Waals surface area contributed by atoms with Crippen LogP contribution in [0.3, 0.4) is 0 Å². The summed E-state index contributed by atoms with van der Waals surface area (Å²) in [5, 5.41) is 0.473. The van der Waals surface area contributed by atoms with Crippen molar-refractivity contribution in [1.82, 2.24) is 0 Å². The maximum absolute atomic E-state index is 11.8. The molecule has 0 aromatic heterocycles. The first-order chi connectivity index (χ1) is 11.1. The predicted molar refractivity (Wildman–Crippen MR) is 95.5 cm³/mol. The molecular formula is C18H24Cl2O4. The topological polar surface area (TPSA) is 52.6 Å². The zero-order valence-corrected chi connectivity index (χ0v) is 16.0. The molecule has 1 rings (SSSR count). The van der Waals surface area contributed by atoms with E-state index in [2.05, 4.69) is 20.8 Å². The van der Waals surface area contributed by atoms with Crippen molar-refractivity contribution in [2.24, 2.45) is 11.3 Å². The van der Waals surface area contributed by atoms with Gasteiger partial charge in [-0.05, 0) is 29.9 Å². The summed E-state index contributed by atoms with van der Waals surface area (Å²) in [5.74, 6) is -0.517. The van der Waals surface area contributed by atoms with E-state index in [4.69, 9.17) is 32.7 Å². The van der Waals surface area contributed by atoms with E-state index in [9.17, 15) is 9.59 Å². The van der Waals surface area contributed by atoms with Crippen molar-refractivity contribution >= 4 is 35.1 Å². The molecular weight excluding hydrogens is 351 g/mol. The molecule has 1 aromatic carbocycles. The maximum atomic E-state index is 11.8. The quantitative estimate of drug-likeness (QED) is 0.480. The summed E-state index contributed by atoms with van der Waals surface area (Å²) in [6.07, 6.45) is 0.851. The predicted octanol–water partition coefficient (Wildman–Crippen LogP) is 5.29. The highest BCUT2D eigenvalue weighted by Crippen LogP contribution is 2.31. The Kier molecular flexibility index (Phi) is 8.04. The zero-order valence-electron chi connectivity index (χ0n) is 14.5. The van der Waals surface area contributed by atoms with Gasteiger partial charge < -0.3 is 9.47 Å². The van der Waals surface area contributed by atoms with Gasteiger partial charge in [0.25, 0.3) is 0 Å². The highest BCUT2D eigenvalue weighted by Gasteiger charge is 2.17. The van der Waals surface area contributed by atoms with Crippen molar-refractivity contribution in [3.63, 3.8) is 0 Å². The Labute approximate surface area is 153 Å². The summed E-state index contributed by atoms with van der Waals surface area (Å²) in [4.78, 5) is 23.5. The minimum Gasteiger partial charge on any atom is -0.465 e. The van der Waals surface area contributed by atoms with Crippen LogP contribution in [0.15, 0.2) is 18.2 Å². The zero-order chi connectivity index (χ0) is 18.3. The summed E-state index contributed by atoms with van der Waals surface area (Å²) < 4.78 is 10.3. The van der Waals surface area contributed by atoms with Crippen LogP contribution >= 0.6 is 23.2 Å². The van der Waals surface area contributed by atoms with Gasteiger partial charge in [-0.25, -0.2) is 0 Å². The van der Waals surface area contributed by atoms with Crippen LogP contribution in [0.4, 0.5) is 0 Å². The Balaban J connectivity index is 2.34. The molecule has 0 heterocycles. The van der Waals surface area contributed by atoms with E-state index in [1.54, 1.807) is 18.2 Å². The highest BCUT2D eigenvalue weighted by molar-refractivity contribution is 6.43. The highest BCUT2D eigenvalue weighted by atomic mass is 35.5. The Bertz CT molecular complexity index is 579. The number of hydrogen-bond donors (Lipinski definition) is 0. The second-order valence-electron chi connectivity index (χ2n) is 7.08. The molecule has 0 bridgehead atoms. The first kappa shape index (κ1) is 20.8. The van der Waals surface area contributed by atoms with Crippen LogP contribution in [0.5, 0.6) is 5.75 Å². The Hall–Kier alpha value is -1.26. The molecule has 24 heavy (non-hydrogen) atoms. The average molecular weight is 375 g/mol. The van der Waals surface area contributed by atoms with Gasteiger partial charge in [-0.3, -0.25) is 9.59 Å². The SMILES string of the molecule is CC(COC(=O)CCC(=O)Oc1cccc(Cl)c1Cl)CC(C)(C)C. The monoisotopic (exact) mass is 374 g/mol. The van der Waals surface area contributed by atoms with Crippen LogP contribution in [0.25, 0.3) is 0 Å². The number of hydrogen-bond acceptors (Lipinski definition) is 4. The lowest BCUT2D eigenvalue weighted by Gasteiger charge is -2.22. The van der Waals surface area contributed by atoms with Gasteiger partial charge >= 0.3 is 11.9 Å². The Morgan fingerprint density at radius 2 is 1.75 bits per heavy atom. The van der Waals surface area contributed by atoms with Crippen molar-refractivity contribution in [3.8, 4) is 5.75 Å². The molecule has 0 spiro atoms. The van der Waals surface area contributed by atoms with Crippen molar-refractivity contribution in [2.45, 2.75) is 47.0 Å². The standard InChI is InChI=1S/C18H24Cl2O4/c1-12(10-18(2,3)4)11-23-15(21)8-9-16(22)24-14-7-5-6-13(19)17(14)20/h5-7,12H,8-11H2,1-4H3. The lowest BCUT2D eigenvalue weighted by Crippen LogP contribution is -2.18. The van der Waals surface area contributed by atoms with E-state index in [0.717, 1.165) is 6.42 Å². The average Bonchev–Trinajstić information content (AvgIpc) is 2.46. The van der Waals surface area contributed by atoms with Gasteiger partial charge in [0.2, 0.25) is 0 Å². The fourth-order valence-corrected chi connectivity index (χ4v) is 2.68. The van der Waals surface area contributed by atoms with Crippen molar-refractivity contribution in [2.75, 3.05) is 6.61 Å². The molecule has 6 heteroatoms. The van der Waals surface area contributed by atoms with Gasteiger partial charge in [-0.2, -0.15) is 0 Å². The number of benzene rings is 1. The molecule has 0 radical (unpaired) electrons. The van der Waals surface area contributed by atoms with E-state index in [1.807, 2.05) is 6.92 Å². The van der Waals surface area contributed by atoms with Crippen LogP contribution in [-0.2, 0) is 14.3 Å². The number of carbonyl (C=O) groups is 2. The molecule has 0 saturated carbocycles. The molecule has 1 aromatic rings. The minimum absolute atomic E-state index is 0.0285. The van der Waals surface area contributed by atoms with Crippen LogP contribution in [0, 0.1) is 11.3 Å². The Morgan fingerprint density at radius 1 is 1.12 bits per heavy atom. The van der Waals surface area contributed by atoms with E-state index in [0.29, 0.717) is 11.6 Å². The molecule has 0 aliphatic carbocycles. The summed E-state index contributed by atoms with van der Waals surface area (Å²) in [5.41, 5.74) is 0.186. The van der Waals surface area contributed by atoms with Crippen LogP contribution in [-0.4, -0.2) is 18.5 Å². The van der Waals surface area contributed by atoms with E-state index < -0.39 is 11.9 Å². The van der Waals surface area contributed by atoms with Gasteiger partial charge in [0.05, 0.1) is 24.5 Å². The molecule has 0 aliphatic rings. The van der Waals surface area contributed by atoms with Crippen molar-refractivity contribution < 1.29 is 19.1 Å². The third-order valence-corrected chi connectivity index (χ3v) is 3.96. The first-order valence-electron chi connectivity index (χ1n) is 7.89. The summed E-state index contributed by atoms with van der Waals surface area (Å²) in [6.45, 7) is 8.81. The second kappa shape index (κ2) is 9.28. The van der Waals surface area contributed by atoms with Gasteiger partial charge in [-0.15, -0.1) is 0 Å². The smallest absolute Gasteiger partial charge is 0.311 e.